The van der Waals surface area contributed by atoms with Gasteiger partial charge in [-0.25, -0.2) is 0 Å². The molecule has 1 aliphatic rings. The normalized spacial score (nSPS) is 16.0. The summed E-state index contributed by atoms with van der Waals surface area (Å²) in [4.78, 5) is 4.89. The number of furan rings is 1. The van der Waals surface area contributed by atoms with Crippen LogP contribution in [0.15, 0.2) is 59.1 Å². The van der Waals surface area contributed by atoms with E-state index in [2.05, 4.69) is 26.1 Å². The van der Waals surface area contributed by atoms with Gasteiger partial charge in [0.05, 0.1) is 6.54 Å². The van der Waals surface area contributed by atoms with Gasteiger partial charge in [-0.1, -0.05) is 18.2 Å². The maximum absolute atomic E-state index is 5.92. The molecule has 3 heterocycles. The summed E-state index contributed by atoms with van der Waals surface area (Å²) in [5.74, 6) is 2.78. The van der Waals surface area contributed by atoms with Gasteiger partial charge in [0.25, 0.3) is 0 Å². The van der Waals surface area contributed by atoms with Crippen molar-refractivity contribution < 1.29 is 9.15 Å². The van der Waals surface area contributed by atoms with E-state index < -0.39 is 0 Å². The molecular formula is C20H24N4O2. The first-order chi connectivity index (χ1) is 12.9. The van der Waals surface area contributed by atoms with Crippen molar-refractivity contribution in [2.75, 3.05) is 39.3 Å². The smallest absolute Gasteiger partial charge is 0.152 e. The summed E-state index contributed by atoms with van der Waals surface area (Å²) in [5.41, 5.74) is 0.916. The SMILES string of the molecule is c1ccc(OCCN2CCN(Cc3ccc(-c4ccn[nH]4)o3)CC2)cc1. The first-order valence-corrected chi connectivity index (χ1v) is 9.08. The highest BCUT2D eigenvalue weighted by Crippen LogP contribution is 2.20. The molecule has 0 spiro atoms. The average Bonchev–Trinajstić information content (AvgIpc) is 3.36. The number of piperazine rings is 1. The summed E-state index contributed by atoms with van der Waals surface area (Å²) in [6.07, 6.45) is 1.73. The van der Waals surface area contributed by atoms with Gasteiger partial charge in [0.15, 0.2) is 5.76 Å². The van der Waals surface area contributed by atoms with Crippen LogP contribution in [0.4, 0.5) is 0 Å². The Labute approximate surface area is 153 Å². The molecule has 2 aromatic heterocycles. The first kappa shape index (κ1) is 16.9. The van der Waals surface area contributed by atoms with Gasteiger partial charge >= 0.3 is 0 Å². The van der Waals surface area contributed by atoms with Crippen molar-refractivity contribution in [3.63, 3.8) is 0 Å². The van der Waals surface area contributed by atoms with Crippen LogP contribution in [0, 0.1) is 0 Å². The van der Waals surface area contributed by atoms with E-state index in [1.165, 1.54) is 0 Å². The highest BCUT2D eigenvalue weighted by atomic mass is 16.5. The molecule has 0 bridgehead atoms. The van der Waals surface area contributed by atoms with E-state index >= 15 is 0 Å². The van der Waals surface area contributed by atoms with Crippen LogP contribution in [0.25, 0.3) is 11.5 Å². The van der Waals surface area contributed by atoms with E-state index in [0.29, 0.717) is 0 Å². The fourth-order valence-electron chi connectivity index (χ4n) is 3.20. The molecule has 1 fully saturated rings. The molecule has 0 aliphatic carbocycles. The van der Waals surface area contributed by atoms with Gasteiger partial charge in [0, 0.05) is 38.9 Å². The Hall–Kier alpha value is -2.57. The molecule has 3 aromatic rings. The number of rotatable bonds is 7. The number of aromatic amines is 1. The Morgan fingerprint density at radius 2 is 1.77 bits per heavy atom. The standard InChI is InChI=1S/C20H24N4O2/c1-2-4-17(5-3-1)25-15-14-23-10-12-24(13-11-23)16-18-6-7-20(26-18)19-8-9-21-22-19/h1-9H,10-16H2,(H,21,22). The van der Waals surface area contributed by atoms with Crippen LogP contribution in [-0.2, 0) is 6.54 Å². The maximum atomic E-state index is 5.92. The summed E-state index contributed by atoms with van der Waals surface area (Å²) >= 11 is 0. The minimum atomic E-state index is 0.732. The molecule has 1 aliphatic heterocycles. The lowest BCUT2D eigenvalue weighted by atomic mass is 10.3. The van der Waals surface area contributed by atoms with Gasteiger partial charge < -0.3 is 9.15 Å². The molecule has 1 saturated heterocycles. The Bertz CT molecular complexity index is 777. The highest BCUT2D eigenvalue weighted by molar-refractivity contribution is 5.51. The minimum Gasteiger partial charge on any atom is -0.492 e. The predicted molar refractivity (Wildman–Crippen MR) is 99.9 cm³/mol. The van der Waals surface area contributed by atoms with Crippen molar-refractivity contribution in [3.05, 3.63) is 60.5 Å². The van der Waals surface area contributed by atoms with Gasteiger partial charge in [-0.3, -0.25) is 14.9 Å². The minimum absolute atomic E-state index is 0.732. The Morgan fingerprint density at radius 1 is 0.962 bits per heavy atom. The number of nitrogens with one attached hydrogen (secondary N) is 1. The fourth-order valence-corrected chi connectivity index (χ4v) is 3.20. The van der Waals surface area contributed by atoms with Crippen LogP contribution >= 0.6 is 0 Å². The van der Waals surface area contributed by atoms with Crippen LogP contribution in [-0.4, -0.2) is 59.3 Å². The van der Waals surface area contributed by atoms with Crippen molar-refractivity contribution in [1.82, 2.24) is 20.0 Å². The van der Waals surface area contributed by atoms with Gasteiger partial charge in [-0.2, -0.15) is 5.10 Å². The van der Waals surface area contributed by atoms with E-state index in [9.17, 15) is 0 Å². The van der Waals surface area contributed by atoms with Crippen molar-refractivity contribution in [1.29, 1.82) is 0 Å². The molecular weight excluding hydrogens is 328 g/mol. The third-order valence-corrected chi connectivity index (χ3v) is 4.69. The molecule has 0 saturated carbocycles. The molecule has 0 amide bonds. The van der Waals surface area contributed by atoms with E-state index in [0.717, 1.165) is 68.8 Å². The second kappa shape index (κ2) is 8.21. The second-order valence-electron chi connectivity index (χ2n) is 6.52. The zero-order chi connectivity index (χ0) is 17.6. The van der Waals surface area contributed by atoms with Crippen LogP contribution in [0.1, 0.15) is 5.76 Å². The largest absolute Gasteiger partial charge is 0.492 e. The predicted octanol–water partition coefficient (Wildman–Crippen LogP) is 2.87. The summed E-state index contributed by atoms with van der Waals surface area (Å²) in [7, 11) is 0. The maximum Gasteiger partial charge on any atom is 0.152 e. The summed E-state index contributed by atoms with van der Waals surface area (Å²) < 4.78 is 11.7. The molecule has 1 N–H and O–H groups in total. The van der Waals surface area contributed by atoms with Gasteiger partial charge in [0.1, 0.15) is 23.8 Å². The lowest BCUT2D eigenvalue weighted by Crippen LogP contribution is -2.46. The molecule has 0 unspecified atom stereocenters. The number of aromatic nitrogens is 2. The van der Waals surface area contributed by atoms with Crippen molar-refractivity contribution in [2.45, 2.75) is 6.54 Å². The molecule has 136 valence electrons. The Kier molecular flexibility index (Phi) is 5.33. The van der Waals surface area contributed by atoms with Crippen molar-refractivity contribution >= 4 is 0 Å². The van der Waals surface area contributed by atoms with Gasteiger partial charge in [0.2, 0.25) is 0 Å². The van der Waals surface area contributed by atoms with E-state index in [4.69, 9.17) is 9.15 Å². The first-order valence-electron chi connectivity index (χ1n) is 9.08. The van der Waals surface area contributed by atoms with Crippen LogP contribution < -0.4 is 4.74 Å². The average molecular weight is 352 g/mol. The van der Waals surface area contributed by atoms with Crippen LogP contribution in [0.3, 0.4) is 0 Å². The molecule has 6 nitrogen and oxygen atoms in total. The lowest BCUT2D eigenvalue weighted by molar-refractivity contribution is 0.108. The molecule has 4 rings (SSSR count). The number of hydrogen-bond donors (Lipinski definition) is 1. The summed E-state index contributed by atoms with van der Waals surface area (Å²) in [6.45, 7) is 6.76. The summed E-state index contributed by atoms with van der Waals surface area (Å²) in [5, 5.41) is 6.90. The van der Waals surface area contributed by atoms with Crippen molar-refractivity contribution in [3.8, 4) is 17.2 Å². The molecule has 26 heavy (non-hydrogen) atoms. The molecule has 1 aromatic carbocycles. The number of H-pyrrole nitrogens is 1. The van der Waals surface area contributed by atoms with E-state index in [-0.39, 0.29) is 0 Å². The number of para-hydroxylation sites is 1. The monoisotopic (exact) mass is 352 g/mol. The third-order valence-electron chi connectivity index (χ3n) is 4.69. The number of ether oxygens (including phenoxy) is 1. The zero-order valence-corrected chi connectivity index (χ0v) is 14.8. The molecule has 0 radical (unpaired) electrons. The van der Waals surface area contributed by atoms with Gasteiger partial charge in [-0.15, -0.1) is 0 Å². The number of nitrogens with zero attached hydrogens (tertiary/aromatic N) is 3. The fraction of sp³-hybridized carbons (Fsp3) is 0.350. The van der Waals surface area contributed by atoms with Crippen LogP contribution in [0.2, 0.25) is 0 Å². The highest BCUT2D eigenvalue weighted by Gasteiger charge is 2.18. The second-order valence-corrected chi connectivity index (χ2v) is 6.52. The number of hydrogen-bond acceptors (Lipinski definition) is 5. The Morgan fingerprint density at radius 3 is 2.54 bits per heavy atom. The molecule has 6 heteroatoms. The summed E-state index contributed by atoms with van der Waals surface area (Å²) in [6, 6.07) is 16.0. The van der Waals surface area contributed by atoms with Crippen molar-refractivity contribution in [2.24, 2.45) is 0 Å². The van der Waals surface area contributed by atoms with E-state index in [1.807, 2.05) is 42.5 Å². The topological polar surface area (TPSA) is 57.5 Å². The Balaban J connectivity index is 1.19. The lowest BCUT2D eigenvalue weighted by Gasteiger charge is -2.34. The third kappa shape index (κ3) is 4.33. The zero-order valence-electron chi connectivity index (χ0n) is 14.8. The number of benzene rings is 1. The molecule has 0 atom stereocenters. The van der Waals surface area contributed by atoms with Gasteiger partial charge in [-0.05, 0) is 30.3 Å². The van der Waals surface area contributed by atoms with Crippen LogP contribution in [0.5, 0.6) is 5.75 Å². The van der Waals surface area contributed by atoms with E-state index in [1.54, 1.807) is 6.20 Å². The quantitative estimate of drug-likeness (QED) is 0.709.